The molecule has 106 valence electrons. The van der Waals surface area contributed by atoms with Gasteiger partial charge in [-0.25, -0.2) is 0 Å². The van der Waals surface area contributed by atoms with E-state index in [0.29, 0.717) is 6.54 Å². The molecule has 0 amide bonds. The molecule has 1 rings (SSSR count). The third kappa shape index (κ3) is 6.22. The normalized spacial score (nSPS) is 12.4. The van der Waals surface area contributed by atoms with Gasteiger partial charge in [0.2, 0.25) is 0 Å². The van der Waals surface area contributed by atoms with Crippen LogP contribution in [0, 0.1) is 0 Å². The molecule has 0 bridgehead atoms. The van der Waals surface area contributed by atoms with E-state index in [2.05, 4.69) is 0 Å². The highest BCUT2D eigenvalue weighted by atomic mass is 16.5. The number of nitrogens with zero attached hydrogens (tertiary/aromatic N) is 1. The van der Waals surface area contributed by atoms with Crippen LogP contribution in [0.5, 0.6) is 5.75 Å². The highest BCUT2D eigenvalue weighted by molar-refractivity contribution is 5.67. The van der Waals surface area contributed by atoms with Gasteiger partial charge in [-0.05, 0) is 31.2 Å². The average molecular weight is 267 g/mol. The lowest BCUT2D eigenvalue weighted by atomic mass is 10.1. The molecule has 0 aliphatic rings. The summed E-state index contributed by atoms with van der Waals surface area (Å²) in [6.07, 6.45) is -0.189. The van der Waals surface area contributed by atoms with Crippen LogP contribution in [0.4, 0.5) is 0 Å². The minimum atomic E-state index is -0.976. The fourth-order valence-electron chi connectivity index (χ4n) is 1.83. The second kappa shape index (κ2) is 7.76. The number of aliphatic hydroxyl groups is 1. The average Bonchev–Trinajstić information content (AvgIpc) is 2.36. The molecule has 0 saturated carbocycles. The summed E-state index contributed by atoms with van der Waals surface area (Å²) < 4.78 is 5.09. The first-order chi connectivity index (χ1) is 9.01. The van der Waals surface area contributed by atoms with E-state index < -0.39 is 12.1 Å². The fourth-order valence-corrected chi connectivity index (χ4v) is 1.83. The molecule has 0 aliphatic carbocycles. The predicted molar refractivity (Wildman–Crippen MR) is 72.5 cm³/mol. The molecule has 1 aromatic carbocycles. The Morgan fingerprint density at radius 3 is 2.53 bits per heavy atom. The molecule has 0 aliphatic heterocycles. The number of carbonyl (C=O) groups is 1. The third-order valence-electron chi connectivity index (χ3n) is 2.87. The van der Waals surface area contributed by atoms with Crippen molar-refractivity contribution in [1.82, 2.24) is 4.90 Å². The van der Waals surface area contributed by atoms with Crippen molar-refractivity contribution in [2.75, 3.05) is 27.2 Å². The van der Waals surface area contributed by atoms with Crippen molar-refractivity contribution in [3.05, 3.63) is 29.8 Å². The zero-order valence-electron chi connectivity index (χ0n) is 11.4. The van der Waals surface area contributed by atoms with E-state index in [1.54, 1.807) is 7.11 Å². The maximum Gasteiger partial charge on any atom is 0.306 e. The maximum atomic E-state index is 10.4. The van der Waals surface area contributed by atoms with Crippen LogP contribution in [-0.4, -0.2) is 54.4 Å². The van der Waals surface area contributed by atoms with E-state index in [4.69, 9.17) is 9.84 Å². The van der Waals surface area contributed by atoms with Crippen LogP contribution in [-0.2, 0) is 11.2 Å². The van der Waals surface area contributed by atoms with Gasteiger partial charge in [-0.15, -0.1) is 0 Å². The maximum absolute atomic E-state index is 10.4. The van der Waals surface area contributed by atoms with Crippen molar-refractivity contribution >= 4 is 5.97 Å². The van der Waals surface area contributed by atoms with Gasteiger partial charge in [0.25, 0.3) is 0 Å². The molecule has 19 heavy (non-hydrogen) atoms. The van der Waals surface area contributed by atoms with Crippen molar-refractivity contribution in [3.8, 4) is 5.75 Å². The summed E-state index contributed by atoms with van der Waals surface area (Å²) in [7, 11) is 3.50. The SMILES string of the molecule is COc1ccc(CCN(C)CC(O)CC(=O)O)cc1. The number of rotatable bonds is 8. The summed E-state index contributed by atoms with van der Waals surface area (Å²) in [4.78, 5) is 12.4. The minimum absolute atomic E-state index is 0.215. The molecule has 0 aromatic heterocycles. The van der Waals surface area contributed by atoms with Gasteiger partial charge in [0.15, 0.2) is 0 Å². The number of aliphatic hydroxyl groups excluding tert-OH is 1. The van der Waals surface area contributed by atoms with E-state index in [1.807, 2.05) is 36.2 Å². The standard InChI is InChI=1S/C14H21NO4/c1-15(10-12(16)9-14(17)18)8-7-11-3-5-13(19-2)6-4-11/h3-6,12,16H,7-10H2,1-2H3,(H,17,18). The number of carboxylic acid groups (broad SMARTS) is 1. The highest BCUT2D eigenvalue weighted by Gasteiger charge is 2.11. The fraction of sp³-hybridized carbons (Fsp3) is 0.500. The van der Waals surface area contributed by atoms with Crippen LogP contribution >= 0.6 is 0 Å². The van der Waals surface area contributed by atoms with Crippen molar-refractivity contribution in [3.63, 3.8) is 0 Å². The van der Waals surface area contributed by atoms with Crippen LogP contribution < -0.4 is 4.74 Å². The largest absolute Gasteiger partial charge is 0.497 e. The minimum Gasteiger partial charge on any atom is -0.497 e. The van der Waals surface area contributed by atoms with Crippen molar-refractivity contribution in [1.29, 1.82) is 0 Å². The van der Waals surface area contributed by atoms with Crippen molar-refractivity contribution < 1.29 is 19.7 Å². The first kappa shape index (κ1) is 15.5. The Balaban J connectivity index is 2.32. The molecule has 1 atom stereocenters. The highest BCUT2D eigenvalue weighted by Crippen LogP contribution is 2.11. The second-order valence-electron chi connectivity index (χ2n) is 4.61. The van der Waals surface area contributed by atoms with E-state index >= 15 is 0 Å². The quantitative estimate of drug-likeness (QED) is 0.735. The van der Waals surface area contributed by atoms with Crippen LogP contribution in [0.25, 0.3) is 0 Å². The van der Waals surface area contributed by atoms with Gasteiger partial charge in [-0.2, -0.15) is 0 Å². The number of likely N-dealkylation sites (N-methyl/N-ethyl adjacent to an activating group) is 1. The number of hydrogen-bond acceptors (Lipinski definition) is 4. The van der Waals surface area contributed by atoms with Gasteiger partial charge in [0, 0.05) is 13.1 Å². The molecular formula is C14H21NO4. The molecular weight excluding hydrogens is 246 g/mol. The number of methoxy groups -OCH3 is 1. The summed E-state index contributed by atoms with van der Waals surface area (Å²) in [5, 5.41) is 18.1. The zero-order valence-corrected chi connectivity index (χ0v) is 11.4. The summed E-state index contributed by atoms with van der Waals surface area (Å²) in [5.74, 6) is -0.148. The third-order valence-corrected chi connectivity index (χ3v) is 2.87. The Kier molecular flexibility index (Phi) is 6.32. The summed E-state index contributed by atoms with van der Waals surface area (Å²) in [6, 6.07) is 7.82. The van der Waals surface area contributed by atoms with E-state index in [0.717, 1.165) is 18.7 Å². The van der Waals surface area contributed by atoms with E-state index in [-0.39, 0.29) is 6.42 Å². The summed E-state index contributed by atoms with van der Waals surface area (Å²) in [6.45, 7) is 1.13. The molecule has 5 heteroatoms. The van der Waals surface area contributed by atoms with Gasteiger partial charge < -0.3 is 19.8 Å². The Bertz CT molecular complexity index is 391. The molecule has 0 spiro atoms. The Morgan fingerprint density at radius 2 is 2.00 bits per heavy atom. The first-order valence-corrected chi connectivity index (χ1v) is 6.22. The molecule has 2 N–H and O–H groups in total. The van der Waals surface area contributed by atoms with Gasteiger partial charge in [0.1, 0.15) is 5.75 Å². The Morgan fingerprint density at radius 1 is 1.37 bits per heavy atom. The van der Waals surface area contributed by atoms with E-state index in [9.17, 15) is 9.90 Å². The Labute approximate surface area is 113 Å². The van der Waals surface area contributed by atoms with Crippen LogP contribution in [0.2, 0.25) is 0 Å². The van der Waals surface area contributed by atoms with Crippen LogP contribution in [0.15, 0.2) is 24.3 Å². The zero-order chi connectivity index (χ0) is 14.3. The van der Waals surface area contributed by atoms with E-state index in [1.165, 1.54) is 5.56 Å². The molecule has 1 unspecified atom stereocenters. The van der Waals surface area contributed by atoms with Gasteiger partial charge >= 0.3 is 5.97 Å². The van der Waals surface area contributed by atoms with Gasteiger partial charge in [0.05, 0.1) is 19.6 Å². The number of hydrogen-bond donors (Lipinski definition) is 2. The summed E-state index contributed by atoms with van der Waals surface area (Å²) >= 11 is 0. The van der Waals surface area contributed by atoms with Crippen LogP contribution in [0.1, 0.15) is 12.0 Å². The molecule has 0 fully saturated rings. The Hall–Kier alpha value is -1.59. The van der Waals surface area contributed by atoms with Crippen molar-refractivity contribution in [2.45, 2.75) is 18.9 Å². The number of carboxylic acids is 1. The van der Waals surface area contributed by atoms with Gasteiger partial charge in [-0.3, -0.25) is 4.79 Å². The monoisotopic (exact) mass is 267 g/mol. The second-order valence-corrected chi connectivity index (χ2v) is 4.61. The molecule has 0 heterocycles. The topological polar surface area (TPSA) is 70.0 Å². The lowest BCUT2D eigenvalue weighted by Gasteiger charge is -2.19. The molecule has 1 aromatic rings. The van der Waals surface area contributed by atoms with Crippen LogP contribution in [0.3, 0.4) is 0 Å². The lowest BCUT2D eigenvalue weighted by Crippen LogP contribution is -2.32. The molecule has 5 nitrogen and oxygen atoms in total. The lowest BCUT2D eigenvalue weighted by molar-refractivity contribution is -0.139. The van der Waals surface area contributed by atoms with Crippen molar-refractivity contribution in [2.24, 2.45) is 0 Å². The number of aliphatic carboxylic acids is 1. The van der Waals surface area contributed by atoms with Gasteiger partial charge in [-0.1, -0.05) is 12.1 Å². The summed E-state index contributed by atoms with van der Waals surface area (Å²) in [5.41, 5.74) is 1.18. The number of ether oxygens (including phenoxy) is 1. The molecule has 0 radical (unpaired) electrons. The number of benzene rings is 1. The molecule has 0 saturated heterocycles. The smallest absolute Gasteiger partial charge is 0.306 e. The first-order valence-electron chi connectivity index (χ1n) is 6.22. The predicted octanol–water partition coefficient (Wildman–Crippen LogP) is 1.01.